The maximum Gasteiger partial charge on any atom is 0.177 e. The number of imidazole rings is 1. The van der Waals surface area contributed by atoms with Crippen LogP contribution in [-0.4, -0.2) is 59.8 Å². The first-order valence-corrected chi connectivity index (χ1v) is 10.1. The number of nitrogens with two attached hydrogens (primary N) is 1. The Morgan fingerprint density at radius 2 is 2.03 bits per heavy atom. The fourth-order valence-corrected chi connectivity index (χ4v) is 4.79. The van der Waals surface area contributed by atoms with Crippen molar-refractivity contribution in [3.8, 4) is 0 Å². The van der Waals surface area contributed by atoms with Crippen molar-refractivity contribution in [2.75, 3.05) is 12.3 Å². The van der Waals surface area contributed by atoms with Crippen LogP contribution in [0.2, 0.25) is 5.02 Å². The zero-order valence-electron chi connectivity index (χ0n) is 16.0. The van der Waals surface area contributed by atoms with Gasteiger partial charge >= 0.3 is 0 Å². The minimum atomic E-state index is -1.40. The van der Waals surface area contributed by atoms with Crippen LogP contribution in [0.5, 0.6) is 0 Å². The van der Waals surface area contributed by atoms with Gasteiger partial charge in [0.2, 0.25) is 0 Å². The second kappa shape index (κ2) is 6.86. The fraction of sp³-hybridized carbons (Fsp3) is 0.450. The standard InChI is InChI=1S/C20H22ClN5O4/c21-12-3-1-2-11(6-12)19(4-5-19)8-20(16(29)15(28)13(7-27)30-20)26-10-25-14-17(22)23-9-24-18(14)26/h1-3,6,9-10,13,15-16,27-29H,4-5,7-8H2,(H2,22,23,24)/t13-,15-,16-,20-/m1/s1. The van der Waals surface area contributed by atoms with E-state index in [1.54, 1.807) is 4.57 Å². The van der Waals surface area contributed by atoms with E-state index in [4.69, 9.17) is 22.1 Å². The zero-order chi connectivity index (χ0) is 21.1. The molecule has 10 heteroatoms. The Bertz CT molecular complexity index is 1100. The summed E-state index contributed by atoms with van der Waals surface area (Å²) in [7, 11) is 0. The molecule has 0 spiro atoms. The summed E-state index contributed by atoms with van der Waals surface area (Å²) in [5.74, 6) is 0.205. The number of nitrogens with zero attached hydrogens (tertiary/aromatic N) is 4. The number of benzene rings is 1. The lowest BCUT2D eigenvalue weighted by atomic mass is 9.84. The maximum absolute atomic E-state index is 11.2. The molecule has 5 rings (SSSR count). The Balaban J connectivity index is 1.66. The first kappa shape index (κ1) is 19.7. The second-order valence-corrected chi connectivity index (χ2v) is 8.57. The van der Waals surface area contributed by atoms with Crippen LogP contribution in [0.25, 0.3) is 11.2 Å². The molecule has 0 radical (unpaired) electrons. The molecule has 5 N–H and O–H groups in total. The van der Waals surface area contributed by atoms with Gasteiger partial charge in [-0.05, 0) is 30.5 Å². The Kier molecular flexibility index (Phi) is 4.49. The highest BCUT2D eigenvalue weighted by Gasteiger charge is 2.61. The predicted molar refractivity (Wildman–Crippen MR) is 109 cm³/mol. The van der Waals surface area contributed by atoms with Gasteiger partial charge in [-0.15, -0.1) is 0 Å². The van der Waals surface area contributed by atoms with Gasteiger partial charge < -0.3 is 25.8 Å². The Morgan fingerprint density at radius 1 is 1.23 bits per heavy atom. The third kappa shape index (κ3) is 2.81. The number of anilines is 1. The molecule has 158 valence electrons. The maximum atomic E-state index is 11.2. The molecule has 1 aromatic carbocycles. The SMILES string of the molecule is Nc1ncnc2c1ncn2[C@]1(CC2(c3cccc(Cl)c3)CC2)O[C@H](CO)[C@@H](O)[C@H]1O. The van der Waals surface area contributed by atoms with Crippen LogP contribution in [0.15, 0.2) is 36.9 Å². The molecular formula is C20H22ClN5O4. The summed E-state index contributed by atoms with van der Waals surface area (Å²) < 4.78 is 7.79. The molecule has 2 aliphatic rings. The van der Waals surface area contributed by atoms with Crippen LogP contribution in [0.3, 0.4) is 0 Å². The van der Waals surface area contributed by atoms with Gasteiger partial charge in [-0.1, -0.05) is 23.7 Å². The summed E-state index contributed by atoms with van der Waals surface area (Å²) in [6, 6.07) is 7.62. The molecule has 1 aliphatic carbocycles. The van der Waals surface area contributed by atoms with E-state index in [2.05, 4.69) is 15.0 Å². The number of aromatic nitrogens is 4. The van der Waals surface area contributed by atoms with Gasteiger partial charge in [0.15, 0.2) is 17.2 Å². The van der Waals surface area contributed by atoms with Crippen molar-refractivity contribution >= 4 is 28.6 Å². The van der Waals surface area contributed by atoms with E-state index in [1.165, 1.54) is 12.7 Å². The molecule has 3 aromatic rings. The van der Waals surface area contributed by atoms with Crippen LogP contribution in [0.4, 0.5) is 5.82 Å². The molecule has 1 aliphatic heterocycles. The summed E-state index contributed by atoms with van der Waals surface area (Å²) in [4.78, 5) is 12.6. The van der Waals surface area contributed by atoms with Crippen molar-refractivity contribution in [2.45, 2.75) is 48.7 Å². The first-order valence-electron chi connectivity index (χ1n) is 9.75. The lowest BCUT2D eigenvalue weighted by Gasteiger charge is -2.37. The van der Waals surface area contributed by atoms with Gasteiger partial charge in [0.1, 0.15) is 30.2 Å². The van der Waals surface area contributed by atoms with E-state index in [1.807, 2.05) is 24.3 Å². The van der Waals surface area contributed by atoms with E-state index in [0.717, 1.165) is 18.4 Å². The second-order valence-electron chi connectivity index (χ2n) is 8.13. The Morgan fingerprint density at radius 3 is 2.70 bits per heavy atom. The van der Waals surface area contributed by atoms with Crippen molar-refractivity contribution in [1.82, 2.24) is 19.5 Å². The molecule has 2 fully saturated rings. The molecule has 0 unspecified atom stereocenters. The minimum absolute atomic E-state index is 0.205. The number of ether oxygens (including phenoxy) is 1. The number of fused-ring (bicyclic) bond motifs is 1. The average Bonchev–Trinajstić information content (AvgIpc) is 3.31. The van der Waals surface area contributed by atoms with Crippen LogP contribution in [0.1, 0.15) is 24.8 Å². The topological polar surface area (TPSA) is 140 Å². The van der Waals surface area contributed by atoms with Gasteiger partial charge in [-0.3, -0.25) is 4.57 Å². The Hall–Kier alpha value is -2.30. The summed E-state index contributed by atoms with van der Waals surface area (Å²) in [6.45, 7) is -0.437. The minimum Gasteiger partial charge on any atom is -0.394 e. The summed E-state index contributed by atoms with van der Waals surface area (Å²) in [5.41, 5.74) is 6.03. The number of aliphatic hydroxyl groups excluding tert-OH is 3. The van der Waals surface area contributed by atoms with Gasteiger partial charge in [-0.2, -0.15) is 0 Å². The van der Waals surface area contributed by atoms with Crippen molar-refractivity contribution < 1.29 is 20.1 Å². The van der Waals surface area contributed by atoms with Crippen LogP contribution >= 0.6 is 11.6 Å². The highest BCUT2D eigenvalue weighted by Crippen LogP contribution is 2.57. The van der Waals surface area contributed by atoms with E-state index in [0.29, 0.717) is 22.6 Å². The highest BCUT2D eigenvalue weighted by atomic mass is 35.5. The molecule has 1 saturated heterocycles. The fourth-order valence-electron chi connectivity index (χ4n) is 4.60. The monoisotopic (exact) mass is 431 g/mol. The Labute approximate surface area is 177 Å². The number of hydrogen-bond donors (Lipinski definition) is 4. The number of aliphatic hydroxyl groups is 3. The van der Waals surface area contributed by atoms with E-state index in [-0.39, 0.29) is 11.2 Å². The molecule has 30 heavy (non-hydrogen) atoms. The van der Waals surface area contributed by atoms with Gasteiger partial charge in [0.25, 0.3) is 0 Å². The van der Waals surface area contributed by atoms with Crippen LogP contribution in [-0.2, 0) is 15.9 Å². The zero-order valence-corrected chi connectivity index (χ0v) is 16.8. The molecule has 0 amide bonds. The molecule has 2 aromatic heterocycles. The first-order chi connectivity index (χ1) is 14.4. The lowest BCUT2D eigenvalue weighted by molar-refractivity contribution is -0.155. The normalized spacial score (nSPS) is 30.1. The van der Waals surface area contributed by atoms with Crippen molar-refractivity contribution in [2.24, 2.45) is 0 Å². The quantitative estimate of drug-likeness (QED) is 0.468. The molecule has 4 atom stereocenters. The number of nitrogen functional groups attached to an aromatic ring is 1. The van der Waals surface area contributed by atoms with Gasteiger partial charge in [-0.25, -0.2) is 15.0 Å². The summed E-state index contributed by atoms with van der Waals surface area (Å²) in [5, 5.41) is 32.1. The molecule has 1 saturated carbocycles. The summed E-state index contributed by atoms with van der Waals surface area (Å²) in [6.07, 6.45) is 1.33. The third-order valence-corrected chi connectivity index (χ3v) is 6.59. The van der Waals surface area contributed by atoms with E-state index < -0.39 is 30.6 Å². The molecule has 3 heterocycles. The molecular weight excluding hydrogens is 410 g/mol. The van der Waals surface area contributed by atoms with Crippen molar-refractivity contribution in [1.29, 1.82) is 0 Å². The largest absolute Gasteiger partial charge is 0.394 e. The predicted octanol–water partition coefficient (Wildman–Crippen LogP) is 0.949. The number of halogens is 1. The number of rotatable bonds is 5. The smallest absolute Gasteiger partial charge is 0.177 e. The third-order valence-electron chi connectivity index (χ3n) is 6.35. The van der Waals surface area contributed by atoms with Gasteiger partial charge in [0.05, 0.1) is 12.9 Å². The van der Waals surface area contributed by atoms with E-state index >= 15 is 0 Å². The van der Waals surface area contributed by atoms with Crippen LogP contribution < -0.4 is 5.73 Å². The van der Waals surface area contributed by atoms with Crippen molar-refractivity contribution in [3.05, 3.63) is 47.5 Å². The van der Waals surface area contributed by atoms with E-state index in [9.17, 15) is 15.3 Å². The van der Waals surface area contributed by atoms with Crippen LogP contribution in [0, 0.1) is 0 Å². The lowest BCUT2D eigenvalue weighted by Crippen LogP contribution is -2.47. The summed E-state index contributed by atoms with van der Waals surface area (Å²) >= 11 is 6.22. The van der Waals surface area contributed by atoms with Gasteiger partial charge in [0, 0.05) is 16.9 Å². The number of hydrogen-bond acceptors (Lipinski definition) is 8. The molecule has 9 nitrogen and oxygen atoms in total. The average molecular weight is 432 g/mol. The van der Waals surface area contributed by atoms with Crippen molar-refractivity contribution in [3.63, 3.8) is 0 Å². The highest BCUT2D eigenvalue weighted by molar-refractivity contribution is 6.30. The molecule has 0 bridgehead atoms.